The lowest BCUT2D eigenvalue weighted by Crippen LogP contribution is -2.19. The van der Waals surface area contributed by atoms with Crippen molar-refractivity contribution in [1.29, 1.82) is 0 Å². The van der Waals surface area contributed by atoms with E-state index in [0.717, 1.165) is 12.5 Å². The predicted molar refractivity (Wildman–Crippen MR) is 69.3 cm³/mol. The fourth-order valence-electron chi connectivity index (χ4n) is 3.04. The van der Waals surface area contributed by atoms with Gasteiger partial charge in [0.1, 0.15) is 0 Å². The topological polar surface area (TPSA) is 12.0 Å². The van der Waals surface area contributed by atoms with Gasteiger partial charge in [-0.2, -0.15) is 0 Å². The van der Waals surface area contributed by atoms with Gasteiger partial charge >= 0.3 is 0 Å². The van der Waals surface area contributed by atoms with Crippen LogP contribution in [-0.2, 0) is 5.41 Å². The van der Waals surface area contributed by atoms with E-state index in [9.17, 15) is 0 Å². The zero-order valence-electron chi connectivity index (χ0n) is 9.50. The van der Waals surface area contributed by atoms with Gasteiger partial charge in [-0.05, 0) is 35.6 Å². The predicted octanol–water partition coefficient (Wildman–Crippen LogP) is 2.83. The van der Waals surface area contributed by atoms with Crippen molar-refractivity contribution in [3.8, 4) is 0 Å². The van der Waals surface area contributed by atoms with Crippen molar-refractivity contribution in [3.63, 3.8) is 0 Å². The number of rotatable bonds is 3. The highest BCUT2D eigenvalue weighted by atomic mass is 15.0. The van der Waals surface area contributed by atoms with E-state index in [2.05, 4.69) is 36.7 Å². The van der Waals surface area contributed by atoms with Crippen LogP contribution in [0.15, 0.2) is 31.4 Å². The van der Waals surface area contributed by atoms with Gasteiger partial charge in [0.2, 0.25) is 0 Å². The fraction of sp³-hybridized carbons (Fsp3) is 0.333. The summed E-state index contributed by atoms with van der Waals surface area (Å²) < 4.78 is 0. The van der Waals surface area contributed by atoms with E-state index in [0.29, 0.717) is 5.41 Å². The van der Waals surface area contributed by atoms with Gasteiger partial charge in [0.25, 0.3) is 0 Å². The van der Waals surface area contributed by atoms with E-state index in [4.69, 9.17) is 0 Å². The van der Waals surface area contributed by atoms with Gasteiger partial charge in [0.15, 0.2) is 0 Å². The Morgan fingerprint density at radius 1 is 1.25 bits per heavy atom. The third-order valence-electron chi connectivity index (χ3n) is 4.16. The molecule has 2 aliphatic rings. The summed E-state index contributed by atoms with van der Waals surface area (Å²) in [5.74, 6) is 0.861. The number of fused-ring (bicyclic) bond motifs is 1. The molecule has 1 aliphatic carbocycles. The second-order valence-electron chi connectivity index (χ2n) is 4.94. The first-order valence-electron chi connectivity index (χ1n) is 5.90. The molecule has 1 aromatic carbocycles. The second kappa shape index (κ2) is 3.33. The molecule has 0 bridgehead atoms. The first-order valence-corrected chi connectivity index (χ1v) is 5.90. The molecule has 2 fully saturated rings. The van der Waals surface area contributed by atoms with Crippen molar-refractivity contribution in [2.45, 2.75) is 11.8 Å². The van der Waals surface area contributed by atoms with Crippen molar-refractivity contribution < 1.29 is 0 Å². The van der Waals surface area contributed by atoms with Crippen molar-refractivity contribution >= 4 is 12.2 Å². The Labute approximate surface area is 96.9 Å². The third-order valence-corrected chi connectivity index (χ3v) is 4.16. The zero-order valence-corrected chi connectivity index (χ0v) is 9.50. The van der Waals surface area contributed by atoms with E-state index < -0.39 is 0 Å². The molecule has 1 nitrogen and oxygen atoms in total. The Balaban J connectivity index is 2.03. The summed E-state index contributed by atoms with van der Waals surface area (Å²) in [7, 11) is 0. The molecule has 3 rings (SSSR count). The first kappa shape index (κ1) is 9.86. The minimum Gasteiger partial charge on any atom is -0.316 e. The zero-order chi connectivity index (χ0) is 11.2. The summed E-state index contributed by atoms with van der Waals surface area (Å²) in [4.78, 5) is 0. The maximum Gasteiger partial charge on any atom is 0.0122 e. The standard InChI is InChI=1S/C15H17N/c1-3-11-5-6-13(7-12(11)4-2)15-8-14(15)9-16-10-15/h3-7,14,16H,1-2,8-10H2/t14-,15+/m1/s1. The highest BCUT2D eigenvalue weighted by molar-refractivity contribution is 5.65. The number of hydrogen-bond donors (Lipinski definition) is 1. The summed E-state index contributed by atoms with van der Waals surface area (Å²) in [6.45, 7) is 10.0. The van der Waals surface area contributed by atoms with Crippen molar-refractivity contribution in [1.82, 2.24) is 5.32 Å². The lowest BCUT2D eigenvalue weighted by Gasteiger charge is -2.14. The lowest BCUT2D eigenvalue weighted by molar-refractivity contribution is 0.675. The molecule has 1 saturated carbocycles. The molecule has 16 heavy (non-hydrogen) atoms. The van der Waals surface area contributed by atoms with Crippen LogP contribution in [0.2, 0.25) is 0 Å². The molecule has 82 valence electrons. The average molecular weight is 211 g/mol. The molecule has 0 radical (unpaired) electrons. The van der Waals surface area contributed by atoms with E-state index >= 15 is 0 Å². The number of hydrogen-bond acceptors (Lipinski definition) is 1. The molecule has 0 spiro atoms. The molecule has 0 unspecified atom stereocenters. The van der Waals surface area contributed by atoms with E-state index in [-0.39, 0.29) is 0 Å². The SMILES string of the molecule is C=Cc1ccc([C@]23CNC[C@H]2C3)cc1C=C. The fourth-order valence-corrected chi connectivity index (χ4v) is 3.04. The Morgan fingerprint density at radius 3 is 2.62 bits per heavy atom. The average Bonchev–Trinajstić information content (AvgIpc) is 2.91. The number of benzene rings is 1. The van der Waals surface area contributed by atoms with Crippen molar-refractivity contribution in [3.05, 3.63) is 48.0 Å². The molecule has 1 N–H and O–H groups in total. The molecular weight excluding hydrogens is 194 g/mol. The summed E-state index contributed by atoms with van der Waals surface area (Å²) >= 11 is 0. The monoisotopic (exact) mass is 211 g/mol. The Morgan fingerprint density at radius 2 is 2.06 bits per heavy atom. The molecule has 0 aromatic heterocycles. The van der Waals surface area contributed by atoms with Crippen LogP contribution in [0.1, 0.15) is 23.1 Å². The van der Waals surface area contributed by atoms with Gasteiger partial charge in [0, 0.05) is 12.0 Å². The van der Waals surface area contributed by atoms with Crippen LogP contribution < -0.4 is 5.32 Å². The van der Waals surface area contributed by atoms with Crippen LogP contribution in [0.4, 0.5) is 0 Å². The molecule has 1 saturated heterocycles. The van der Waals surface area contributed by atoms with Crippen LogP contribution in [-0.4, -0.2) is 13.1 Å². The third kappa shape index (κ3) is 1.21. The highest BCUT2D eigenvalue weighted by Crippen LogP contribution is 2.56. The van der Waals surface area contributed by atoms with Gasteiger partial charge in [-0.15, -0.1) is 0 Å². The molecular formula is C15H17N. The van der Waals surface area contributed by atoms with Gasteiger partial charge in [-0.1, -0.05) is 43.5 Å². The van der Waals surface area contributed by atoms with Crippen LogP contribution >= 0.6 is 0 Å². The first-order chi connectivity index (χ1) is 7.80. The second-order valence-corrected chi connectivity index (χ2v) is 4.94. The largest absolute Gasteiger partial charge is 0.316 e. The van der Waals surface area contributed by atoms with Gasteiger partial charge in [0.05, 0.1) is 0 Å². The molecule has 1 aromatic rings. The van der Waals surface area contributed by atoms with Gasteiger partial charge < -0.3 is 5.32 Å². The lowest BCUT2D eigenvalue weighted by atomic mass is 9.91. The maximum atomic E-state index is 3.88. The molecule has 1 heterocycles. The molecule has 1 heteroatoms. The highest BCUT2D eigenvalue weighted by Gasteiger charge is 2.57. The van der Waals surface area contributed by atoms with E-state index in [1.807, 2.05) is 12.2 Å². The molecule has 0 amide bonds. The van der Waals surface area contributed by atoms with Crippen LogP contribution in [0.5, 0.6) is 0 Å². The Kier molecular flexibility index (Phi) is 2.05. The minimum absolute atomic E-state index is 0.442. The Bertz CT molecular complexity index is 461. The quantitative estimate of drug-likeness (QED) is 0.810. The normalized spacial score (nSPS) is 30.9. The van der Waals surface area contributed by atoms with E-state index in [1.54, 1.807) is 0 Å². The molecule has 1 aliphatic heterocycles. The molecule has 2 atom stereocenters. The van der Waals surface area contributed by atoms with Gasteiger partial charge in [-0.25, -0.2) is 0 Å². The summed E-state index contributed by atoms with van der Waals surface area (Å²) in [5, 5.41) is 3.48. The van der Waals surface area contributed by atoms with Crippen LogP contribution in [0, 0.1) is 5.92 Å². The smallest absolute Gasteiger partial charge is 0.0122 e. The minimum atomic E-state index is 0.442. The summed E-state index contributed by atoms with van der Waals surface area (Å²) in [5.41, 5.74) is 4.30. The van der Waals surface area contributed by atoms with Crippen LogP contribution in [0.3, 0.4) is 0 Å². The van der Waals surface area contributed by atoms with Crippen molar-refractivity contribution in [2.24, 2.45) is 5.92 Å². The van der Waals surface area contributed by atoms with Gasteiger partial charge in [-0.3, -0.25) is 0 Å². The summed E-state index contributed by atoms with van der Waals surface area (Å²) in [6.07, 6.45) is 5.18. The maximum absolute atomic E-state index is 3.88. The van der Waals surface area contributed by atoms with Crippen molar-refractivity contribution in [2.75, 3.05) is 13.1 Å². The number of nitrogens with one attached hydrogen (secondary N) is 1. The summed E-state index contributed by atoms with van der Waals surface area (Å²) in [6, 6.07) is 6.72. The Hall–Kier alpha value is -1.34. The van der Waals surface area contributed by atoms with Crippen LogP contribution in [0.25, 0.3) is 12.2 Å². The van der Waals surface area contributed by atoms with E-state index in [1.165, 1.54) is 29.7 Å². The number of piperidine rings is 1.